The Morgan fingerprint density at radius 1 is 1.13 bits per heavy atom. The minimum Gasteiger partial charge on any atom is -0.493 e. The smallest absolute Gasteiger partial charge is 0.401 e. The van der Waals surface area contributed by atoms with E-state index in [1.807, 2.05) is 0 Å². The van der Waals surface area contributed by atoms with Crippen molar-refractivity contribution in [2.45, 2.75) is 48.4 Å². The zero-order valence-corrected chi connectivity index (χ0v) is 21.1. The molecule has 0 radical (unpaired) electrons. The van der Waals surface area contributed by atoms with Crippen molar-refractivity contribution in [3.63, 3.8) is 0 Å². The summed E-state index contributed by atoms with van der Waals surface area (Å²) in [5.41, 5.74) is 0.691. The molecular weight excluding hydrogens is 564 g/mol. The van der Waals surface area contributed by atoms with E-state index < -0.39 is 47.0 Å². The number of anilines is 1. The normalized spacial score (nSPS) is 18.5. The summed E-state index contributed by atoms with van der Waals surface area (Å²) >= 11 is 6.15. The molecule has 0 spiro atoms. The van der Waals surface area contributed by atoms with Crippen LogP contribution in [-0.2, 0) is 22.9 Å². The van der Waals surface area contributed by atoms with Gasteiger partial charge in [0.25, 0.3) is 0 Å². The molecular formula is C22H20ClF6N5O3S. The van der Waals surface area contributed by atoms with Gasteiger partial charge >= 0.3 is 12.4 Å². The van der Waals surface area contributed by atoms with Crippen LogP contribution >= 0.6 is 11.6 Å². The fourth-order valence-corrected chi connectivity index (χ4v) is 6.65. The molecule has 3 heterocycles. The largest absolute Gasteiger partial charge is 0.493 e. The first-order valence-corrected chi connectivity index (χ1v) is 13.2. The molecule has 1 aromatic heterocycles. The van der Waals surface area contributed by atoms with Crippen molar-refractivity contribution in [3.8, 4) is 11.8 Å². The van der Waals surface area contributed by atoms with Crippen LogP contribution in [0.2, 0.25) is 5.02 Å². The highest BCUT2D eigenvalue weighted by Gasteiger charge is 2.40. The monoisotopic (exact) mass is 583 g/mol. The second-order valence-corrected chi connectivity index (χ2v) is 11.5. The van der Waals surface area contributed by atoms with Crippen molar-refractivity contribution in [1.82, 2.24) is 14.9 Å². The lowest BCUT2D eigenvalue weighted by atomic mass is 10.2. The number of aromatic nitrogens is 2. The number of hydrogen-bond donors (Lipinski definition) is 0. The molecule has 0 N–H and O–H groups in total. The van der Waals surface area contributed by atoms with E-state index >= 15 is 0 Å². The second kappa shape index (κ2) is 10.4. The SMILES string of the molecule is N#Cc1nc2c(c(N3CCC(S(=O)(=O)c4ccc(OCCC(F)(F)F)cc4Cl)C3)n1)CN(CC(F)(F)F)C2. The summed E-state index contributed by atoms with van der Waals surface area (Å²) in [6.45, 7) is -1.91. The summed E-state index contributed by atoms with van der Waals surface area (Å²) in [7, 11) is -4.01. The van der Waals surface area contributed by atoms with Crippen molar-refractivity contribution in [2.75, 3.05) is 31.1 Å². The van der Waals surface area contributed by atoms with Gasteiger partial charge in [0.2, 0.25) is 5.82 Å². The lowest BCUT2D eigenvalue weighted by Gasteiger charge is -2.21. The zero-order chi connectivity index (χ0) is 27.9. The minimum atomic E-state index is -4.43. The first kappa shape index (κ1) is 28.2. The molecule has 0 saturated carbocycles. The van der Waals surface area contributed by atoms with Crippen molar-refractivity contribution in [3.05, 3.63) is 40.3 Å². The van der Waals surface area contributed by atoms with E-state index in [-0.39, 0.29) is 65.6 Å². The summed E-state index contributed by atoms with van der Waals surface area (Å²) in [5.74, 6) is -0.0354. The van der Waals surface area contributed by atoms with Crippen LogP contribution in [0.25, 0.3) is 0 Å². The Morgan fingerprint density at radius 3 is 2.50 bits per heavy atom. The van der Waals surface area contributed by atoms with Gasteiger partial charge < -0.3 is 9.64 Å². The molecule has 1 saturated heterocycles. The topological polar surface area (TPSA) is 99.4 Å². The summed E-state index contributed by atoms with van der Waals surface area (Å²) in [6, 6.07) is 5.29. The van der Waals surface area contributed by atoms with E-state index in [0.717, 1.165) is 17.0 Å². The summed E-state index contributed by atoms with van der Waals surface area (Å²) in [5, 5.41) is 8.13. The third-order valence-corrected chi connectivity index (χ3v) is 8.73. The fourth-order valence-electron chi connectivity index (χ4n) is 4.42. The van der Waals surface area contributed by atoms with Crippen LogP contribution in [0.1, 0.15) is 29.9 Å². The molecule has 2 aliphatic heterocycles. The molecule has 1 atom stereocenters. The van der Waals surface area contributed by atoms with Gasteiger partial charge in [0.1, 0.15) is 17.6 Å². The van der Waals surface area contributed by atoms with Crippen LogP contribution in [0.5, 0.6) is 5.75 Å². The predicted octanol–water partition coefficient (Wildman–Crippen LogP) is 4.26. The Hall–Kier alpha value is -2.83. The highest BCUT2D eigenvalue weighted by Crippen LogP contribution is 2.36. The highest BCUT2D eigenvalue weighted by molar-refractivity contribution is 7.92. The Labute approximate surface area is 218 Å². The van der Waals surface area contributed by atoms with Gasteiger partial charge in [0.15, 0.2) is 9.84 Å². The van der Waals surface area contributed by atoms with Gasteiger partial charge in [-0.05, 0) is 18.6 Å². The van der Waals surface area contributed by atoms with Gasteiger partial charge in [0.05, 0.1) is 40.4 Å². The van der Waals surface area contributed by atoms with Gasteiger partial charge in [0, 0.05) is 37.8 Å². The number of alkyl halides is 6. The second-order valence-electron chi connectivity index (χ2n) is 8.88. The third-order valence-electron chi connectivity index (χ3n) is 6.08. The first-order chi connectivity index (χ1) is 17.7. The molecule has 0 aliphatic carbocycles. The Kier molecular flexibility index (Phi) is 7.70. The molecule has 4 rings (SSSR count). The molecule has 16 heteroatoms. The average Bonchev–Trinajstić information content (AvgIpc) is 3.43. The lowest BCUT2D eigenvalue weighted by Crippen LogP contribution is -2.30. The average molecular weight is 584 g/mol. The number of nitriles is 1. The van der Waals surface area contributed by atoms with Crippen LogP contribution < -0.4 is 9.64 Å². The quantitative estimate of drug-likeness (QED) is 0.446. The fraction of sp³-hybridized carbons (Fsp3) is 0.500. The van der Waals surface area contributed by atoms with Crippen molar-refractivity contribution in [1.29, 1.82) is 5.26 Å². The van der Waals surface area contributed by atoms with Crippen LogP contribution in [0.15, 0.2) is 23.1 Å². The molecule has 2 aliphatic rings. The lowest BCUT2D eigenvalue weighted by molar-refractivity contribution is -0.147. The van der Waals surface area contributed by atoms with E-state index in [2.05, 4.69) is 9.97 Å². The molecule has 0 bridgehead atoms. The van der Waals surface area contributed by atoms with E-state index in [4.69, 9.17) is 16.3 Å². The Morgan fingerprint density at radius 2 is 1.87 bits per heavy atom. The summed E-state index contributed by atoms with van der Waals surface area (Å²) in [6.07, 6.45) is -9.87. The van der Waals surface area contributed by atoms with Gasteiger partial charge in [-0.15, -0.1) is 0 Å². The van der Waals surface area contributed by atoms with Crippen LogP contribution in [-0.4, -0.2) is 67.1 Å². The number of hydrogen-bond acceptors (Lipinski definition) is 8. The maximum Gasteiger partial charge on any atom is 0.401 e. The van der Waals surface area contributed by atoms with Gasteiger partial charge in [-0.3, -0.25) is 4.90 Å². The van der Waals surface area contributed by atoms with E-state index in [0.29, 0.717) is 5.56 Å². The van der Waals surface area contributed by atoms with Crippen molar-refractivity contribution >= 4 is 27.3 Å². The molecule has 2 aromatic rings. The third kappa shape index (κ3) is 6.41. The number of sulfone groups is 1. The maximum atomic E-state index is 13.3. The number of fused-ring (bicyclic) bond motifs is 1. The molecule has 8 nitrogen and oxygen atoms in total. The molecule has 38 heavy (non-hydrogen) atoms. The van der Waals surface area contributed by atoms with Gasteiger partial charge in [-0.25, -0.2) is 18.4 Å². The maximum absolute atomic E-state index is 13.3. The van der Waals surface area contributed by atoms with E-state index in [1.54, 1.807) is 11.0 Å². The Balaban J connectivity index is 1.51. The first-order valence-electron chi connectivity index (χ1n) is 11.2. The van der Waals surface area contributed by atoms with Gasteiger partial charge in [-0.1, -0.05) is 11.6 Å². The highest BCUT2D eigenvalue weighted by atomic mass is 35.5. The summed E-state index contributed by atoms with van der Waals surface area (Å²) in [4.78, 5) is 10.7. The number of ether oxygens (including phenoxy) is 1. The predicted molar refractivity (Wildman–Crippen MR) is 122 cm³/mol. The summed E-state index contributed by atoms with van der Waals surface area (Å²) < 4.78 is 107. The Bertz CT molecular complexity index is 1360. The minimum absolute atomic E-state index is 0.0183. The van der Waals surface area contributed by atoms with Gasteiger partial charge in [-0.2, -0.15) is 31.6 Å². The standard InChI is InChI=1S/C22H20ClF6N5O3S/c23-16-7-13(37-6-4-21(24,25)26)1-2-18(16)38(35,36)14-3-5-34(9-14)20-15-10-33(12-22(27,28)29)11-17(15)31-19(8-30)32-20/h1-2,7,14H,3-6,9-12H2. The molecule has 1 unspecified atom stereocenters. The molecule has 1 fully saturated rings. The van der Waals surface area contributed by atoms with Crippen LogP contribution in [0.3, 0.4) is 0 Å². The zero-order valence-electron chi connectivity index (χ0n) is 19.5. The van der Waals surface area contributed by atoms with E-state index in [1.165, 1.54) is 6.07 Å². The van der Waals surface area contributed by atoms with E-state index in [9.17, 15) is 40.0 Å². The van der Waals surface area contributed by atoms with Crippen molar-refractivity contribution < 1.29 is 39.5 Å². The molecule has 1 aromatic carbocycles. The van der Waals surface area contributed by atoms with Crippen molar-refractivity contribution in [2.24, 2.45) is 0 Å². The number of nitrogens with zero attached hydrogens (tertiary/aromatic N) is 5. The van der Waals surface area contributed by atoms with Crippen LogP contribution in [0, 0.1) is 11.3 Å². The number of rotatable bonds is 7. The number of halogens is 7. The molecule has 206 valence electrons. The number of benzene rings is 1. The van der Waals surface area contributed by atoms with Crippen LogP contribution in [0.4, 0.5) is 32.2 Å². The molecule has 0 amide bonds.